The van der Waals surface area contributed by atoms with Gasteiger partial charge in [0.2, 0.25) is 5.91 Å². The number of nitrogens with one attached hydrogen (secondary N) is 2. The maximum absolute atomic E-state index is 12.4. The van der Waals surface area contributed by atoms with Crippen LogP contribution in [0.25, 0.3) is 0 Å². The van der Waals surface area contributed by atoms with Crippen LogP contribution in [0.5, 0.6) is 0 Å². The molecule has 2 aromatic carbocycles. The largest absolute Gasteiger partial charge is 0.325 e. The van der Waals surface area contributed by atoms with Crippen LogP contribution in [0.3, 0.4) is 0 Å². The highest BCUT2D eigenvalue weighted by Crippen LogP contribution is 2.17. The average Bonchev–Trinajstić information content (AvgIpc) is 2.97. The standard InChI is InChI=1S/C23H27N3O3/c1-17(27)18-9-11-19(12-10-18)23(29)25-21-8-6-7-20(15-21)24-22(28)16-26-13-4-2-3-5-14-26/h6-12,15H,2-5,13-14,16H2,1H3,(H,24,28)(H,25,29). The summed E-state index contributed by atoms with van der Waals surface area (Å²) in [4.78, 5) is 38.3. The minimum Gasteiger partial charge on any atom is -0.325 e. The lowest BCUT2D eigenvalue weighted by Gasteiger charge is -2.19. The van der Waals surface area contributed by atoms with Crippen LogP contribution in [0, 0.1) is 0 Å². The average molecular weight is 393 g/mol. The molecule has 0 radical (unpaired) electrons. The normalized spacial score (nSPS) is 14.7. The monoisotopic (exact) mass is 393 g/mol. The molecule has 2 amide bonds. The third kappa shape index (κ3) is 6.26. The Morgan fingerprint density at radius 1 is 0.828 bits per heavy atom. The molecule has 0 spiro atoms. The van der Waals surface area contributed by atoms with E-state index in [1.54, 1.807) is 48.5 Å². The third-order valence-corrected chi connectivity index (χ3v) is 5.02. The first-order valence-electron chi connectivity index (χ1n) is 10.1. The summed E-state index contributed by atoms with van der Waals surface area (Å²) in [5.74, 6) is -0.357. The third-order valence-electron chi connectivity index (χ3n) is 5.02. The van der Waals surface area contributed by atoms with Crippen molar-refractivity contribution >= 4 is 29.0 Å². The summed E-state index contributed by atoms with van der Waals surface area (Å²) in [5, 5.41) is 5.74. The fourth-order valence-electron chi connectivity index (χ4n) is 3.43. The molecule has 6 heteroatoms. The van der Waals surface area contributed by atoms with Gasteiger partial charge in [0.05, 0.1) is 6.54 Å². The van der Waals surface area contributed by atoms with Crippen LogP contribution in [-0.2, 0) is 4.79 Å². The fraction of sp³-hybridized carbons (Fsp3) is 0.348. The van der Waals surface area contributed by atoms with Gasteiger partial charge in [-0.1, -0.05) is 31.0 Å². The van der Waals surface area contributed by atoms with Gasteiger partial charge < -0.3 is 10.6 Å². The quantitative estimate of drug-likeness (QED) is 0.728. The number of amides is 2. The zero-order valence-corrected chi connectivity index (χ0v) is 16.7. The Morgan fingerprint density at radius 2 is 1.41 bits per heavy atom. The molecule has 0 aromatic heterocycles. The first kappa shape index (κ1) is 20.7. The van der Waals surface area contributed by atoms with Crippen molar-refractivity contribution in [1.82, 2.24) is 4.90 Å². The smallest absolute Gasteiger partial charge is 0.255 e. The van der Waals surface area contributed by atoms with E-state index in [0.717, 1.165) is 25.9 Å². The van der Waals surface area contributed by atoms with Crippen LogP contribution in [0.2, 0.25) is 0 Å². The Bertz CT molecular complexity index is 869. The number of carbonyl (C=O) groups is 3. The Balaban J connectivity index is 1.57. The van der Waals surface area contributed by atoms with Crippen molar-refractivity contribution in [3.05, 3.63) is 59.7 Å². The van der Waals surface area contributed by atoms with Crippen molar-refractivity contribution in [3.63, 3.8) is 0 Å². The van der Waals surface area contributed by atoms with Gasteiger partial charge in [0.1, 0.15) is 0 Å². The number of ketones is 1. The molecule has 3 rings (SSSR count). The van der Waals surface area contributed by atoms with E-state index in [0.29, 0.717) is 29.0 Å². The molecule has 0 atom stereocenters. The van der Waals surface area contributed by atoms with Gasteiger partial charge >= 0.3 is 0 Å². The van der Waals surface area contributed by atoms with Crippen molar-refractivity contribution < 1.29 is 14.4 Å². The maximum Gasteiger partial charge on any atom is 0.255 e. The molecular weight excluding hydrogens is 366 g/mol. The molecule has 2 aromatic rings. The van der Waals surface area contributed by atoms with E-state index in [1.165, 1.54) is 19.8 Å². The summed E-state index contributed by atoms with van der Waals surface area (Å²) < 4.78 is 0. The van der Waals surface area contributed by atoms with E-state index in [4.69, 9.17) is 0 Å². The molecule has 29 heavy (non-hydrogen) atoms. The van der Waals surface area contributed by atoms with Crippen LogP contribution < -0.4 is 10.6 Å². The van der Waals surface area contributed by atoms with E-state index >= 15 is 0 Å². The van der Waals surface area contributed by atoms with Gasteiger partial charge in [0.15, 0.2) is 5.78 Å². The van der Waals surface area contributed by atoms with Gasteiger partial charge in [0, 0.05) is 22.5 Å². The summed E-state index contributed by atoms with van der Waals surface area (Å²) in [7, 11) is 0. The number of rotatable bonds is 6. The highest BCUT2D eigenvalue weighted by molar-refractivity contribution is 6.05. The van der Waals surface area contributed by atoms with Gasteiger partial charge in [-0.2, -0.15) is 0 Å². The molecule has 0 bridgehead atoms. The number of benzene rings is 2. The second-order valence-electron chi connectivity index (χ2n) is 7.41. The van der Waals surface area contributed by atoms with E-state index in [1.807, 2.05) is 0 Å². The predicted molar refractivity (Wildman–Crippen MR) is 114 cm³/mol. The minimum atomic E-state index is -0.270. The van der Waals surface area contributed by atoms with Gasteiger partial charge in [-0.05, 0) is 63.2 Å². The lowest BCUT2D eigenvalue weighted by atomic mass is 10.1. The van der Waals surface area contributed by atoms with Crippen molar-refractivity contribution in [2.45, 2.75) is 32.6 Å². The number of nitrogens with zero attached hydrogens (tertiary/aromatic N) is 1. The lowest BCUT2D eigenvalue weighted by Crippen LogP contribution is -2.33. The van der Waals surface area contributed by atoms with Crippen LogP contribution in [-0.4, -0.2) is 42.1 Å². The molecule has 0 saturated carbocycles. The maximum atomic E-state index is 12.4. The number of likely N-dealkylation sites (tertiary alicyclic amines) is 1. The van der Waals surface area contributed by atoms with Gasteiger partial charge in [0.25, 0.3) is 5.91 Å². The van der Waals surface area contributed by atoms with E-state index < -0.39 is 0 Å². The molecule has 6 nitrogen and oxygen atoms in total. The topological polar surface area (TPSA) is 78.5 Å². The molecule has 2 N–H and O–H groups in total. The second-order valence-corrected chi connectivity index (χ2v) is 7.41. The first-order chi connectivity index (χ1) is 14.0. The number of carbonyl (C=O) groups excluding carboxylic acids is 3. The summed E-state index contributed by atoms with van der Waals surface area (Å²) >= 11 is 0. The second kappa shape index (κ2) is 9.98. The Morgan fingerprint density at radius 3 is 2.03 bits per heavy atom. The Hall–Kier alpha value is -2.99. The molecule has 1 heterocycles. The van der Waals surface area contributed by atoms with Crippen LogP contribution >= 0.6 is 0 Å². The van der Waals surface area contributed by atoms with Crippen molar-refractivity contribution in [2.24, 2.45) is 0 Å². The highest BCUT2D eigenvalue weighted by Gasteiger charge is 2.13. The molecule has 0 unspecified atom stereocenters. The molecule has 1 aliphatic heterocycles. The lowest BCUT2D eigenvalue weighted by molar-refractivity contribution is -0.117. The zero-order valence-electron chi connectivity index (χ0n) is 16.7. The SMILES string of the molecule is CC(=O)c1ccc(C(=O)Nc2cccc(NC(=O)CN3CCCCCC3)c2)cc1. The van der Waals surface area contributed by atoms with Gasteiger partial charge in [-0.25, -0.2) is 0 Å². The fourth-order valence-corrected chi connectivity index (χ4v) is 3.43. The molecule has 1 fully saturated rings. The zero-order chi connectivity index (χ0) is 20.6. The minimum absolute atomic E-state index is 0.0411. The first-order valence-corrected chi connectivity index (χ1v) is 10.1. The molecule has 1 aliphatic rings. The van der Waals surface area contributed by atoms with Crippen molar-refractivity contribution in [1.29, 1.82) is 0 Å². The van der Waals surface area contributed by atoms with E-state index in [9.17, 15) is 14.4 Å². The number of hydrogen-bond acceptors (Lipinski definition) is 4. The van der Waals surface area contributed by atoms with Crippen molar-refractivity contribution in [3.8, 4) is 0 Å². The van der Waals surface area contributed by atoms with E-state index in [-0.39, 0.29) is 17.6 Å². The number of Topliss-reactive ketones (excluding diaryl/α,β-unsaturated/α-hetero) is 1. The Kier molecular flexibility index (Phi) is 7.14. The molecule has 152 valence electrons. The summed E-state index contributed by atoms with van der Waals surface area (Å²) in [5.41, 5.74) is 2.27. The molecule has 1 saturated heterocycles. The summed E-state index contributed by atoms with van der Waals surface area (Å²) in [6.45, 7) is 3.80. The van der Waals surface area contributed by atoms with Gasteiger partial charge in [-0.15, -0.1) is 0 Å². The van der Waals surface area contributed by atoms with Crippen LogP contribution in [0.4, 0.5) is 11.4 Å². The molecule has 0 aliphatic carbocycles. The Labute approximate surface area is 171 Å². The molecular formula is C23H27N3O3. The highest BCUT2D eigenvalue weighted by atomic mass is 16.2. The van der Waals surface area contributed by atoms with E-state index in [2.05, 4.69) is 15.5 Å². The van der Waals surface area contributed by atoms with Crippen LogP contribution in [0.15, 0.2) is 48.5 Å². The summed E-state index contributed by atoms with van der Waals surface area (Å²) in [6.07, 6.45) is 4.75. The summed E-state index contributed by atoms with van der Waals surface area (Å²) in [6, 6.07) is 13.6. The van der Waals surface area contributed by atoms with Crippen molar-refractivity contribution in [2.75, 3.05) is 30.3 Å². The van der Waals surface area contributed by atoms with Gasteiger partial charge in [-0.3, -0.25) is 19.3 Å². The number of hydrogen-bond donors (Lipinski definition) is 2. The van der Waals surface area contributed by atoms with Crippen LogP contribution in [0.1, 0.15) is 53.3 Å². The predicted octanol–water partition coefficient (Wildman–Crippen LogP) is 3.96. The number of anilines is 2.